The molecular weight excluding hydrogens is 272 g/mol. The molecule has 0 aliphatic rings. The summed E-state index contributed by atoms with van der Waals surface area (Å²) in [6.07, 6.45) is 5.25. The molecule has 0 spiro atoms. The van der Waals surface area contributed by atoms with E-state index < -0.39 is 4.92 Å². The Morgan fingerprint density at radius 2 is 2.10 bits per heavy atom. The predicted octanol–water partition coefficient (Wildman–Crippen LogP) is 3.82. The summed E-state index contributed by atoms with van der Waals surface area (Å²) in [6, 6.07) is 8.11. The number of rotatable bonds is 5. The molecule has 108 valence electrons. The first kappa shape index (κ1) is 14.5. The molecule has 6 heteroatoms. The highest BCUT2D eigenvalue weighted by atomic mass is 16.6. The summed E-state index contributed by atoms with van der Waals surface area (Å²) in [4.78, 5) is 14.3. The normalized spacial score (nSPS) is 10.6. The highest BCUT2D eigenvalue weighted by Gasteiger charge is 2.18. The largest absolute Gasteiger partial charge is 0.493 e. The van der Waals surface area contributed by atoms with Crippen molar-refractivity contribution in [1.29, 1.82) is 0 Å². The number of methoxy groups -OCH3 is 1. The van der Waals surface area contributed by atoms with E-state index >= 15 is 0 Å². The van der Waals surface area contributed by atoms with Crippen LogP contribution in [-0.4, -0.2) is 17.0 Å². The van der Waals surface area contributed by atoms with Gasteiger partial charge in [0.05, 0.1) is 12.0 Å². The Bertz CT molecular complexity index is 683. The number of nitro groups is 1. The van der Waals surface area contributed by atoms with E-state index in [2.05, 4.69) is 4.98 Å². The Balaban J connectivity index is 2.38. The Hall–Kier alpha value is -2.89. The van der Waals surface area contributed by atoms with Gasteiger partial charge in [0.2, 0.25) is 0 Å². The first-order chi connectivity index (χ1) is 10.2. The molecule has 0 aliphatic heterocycles. The first-order valence-corrected chi connectivity index (χ1v) is 6.23. The second-order valence-electron chi connectivity index (χ2n) is 4.10. The summed E-state index contributed by atoms with van der Waals surface area (Å²) in [7, 11) is 1.51. The van der Waals surface area contributed by atoms with Gasteiger partial charge in [-0.2, -0.15) is 0 Å². The molecule has 0 radical (unpaired) electrons. The Morgan fingerprint density at radius 1 is 1.29 bits per heavy atom. The fourth-order valence-electron chi connectivity index (χ4n) is 1.77. The highest BCUT2D eigenvalue weighted by molar-refractivity contribution is 5.56. The van der Waals surface area contributed by atoms with Crippen LogP contribution in [0.25, 0.3) is 6.08 Å². The summed E-state index contributed by atoms with van der Waals surface area (Å²) in [5.74, 6) is 0.776. The molecule has 0 N–H and O–H groups in total. The highest BCUT2D eigenvalue weighted by Crippen LogP contribution is 2.35. The summed E-state index contributed by atoms with van der Waals surface area (Å²) >= 11 is 0. The van der Waals surface area contributed by atoms with Crippen LogP contribution in [0.2, 0.25) is 0 Å². The van der Waals surface area contributed by atoms with Crippen LogP contribution in [0.5, 0.6) is 17.4 Å². The zero-order valence-electron chi connectivity index (χ0n) is 11.6. The van der Waals surface area contributed by atoms with Gasteiger partial charge in [-0.3, -0.25) is 10.1 Å². The van der Waals surface area contributed by atoms with Gasteiger partial charge in [0.15, 0.2) is 11.5 Å². The molecule has 0 amide bonds. The molecule has 0 aliphatic carbocycles. The molecule has 0 bridgehead atoms. The quantitative estimate of drug-likeness (QED) is 0.617. The van der Waals surface area contributed by atoms with Gasteiger partial charge in [-0.15, -0.1) is 0 Å². The maximum absolute atomic E-state index is 11.0. The molecular formula is C15H14N2O4. The van der Waals surface area contributed by atoms with Gasteiger partial charge in [-0.1, -0.05) is 18.2 Å². The number of benzene rings is 1. The van der Waals surface area contributed by atoms with Crippen molar-refractivity contribution in [3.8, 4) is 17.4 Å². The fourth-order valence-corrected chi connectivity index (χ4v) is 1.77. The van der Waals surface area contributed by atoms with Gasteiger partial charge in [0.25, 0.3) is 5.88 Å². The van der Waals surface area contributed by atoms with Crippen LogP contribution in [-0.2, 0) is 0 Å². The maximum atomic E-state index is 11.0. The second kappa shape index (κ2) is 6.51. The lowest BCUT2D eigenvalue weighted by atomic mass is 10.2. The van der Waals surface area contributed by atoms with Crippen molar-refractivity contribution in [2.24, 2.45) is 0 Å². The van der Waals surface area contributed by atoms with Gasteiger partial charge in [-0.25, -0.2) is 4.98 Å². The summed E-state index contributed by atoms with van der Waals surface area (Å²) < 4.78 is 10.8. The molecule has 0 saturated heterocycles. The molecule has 0 unspecified atom stereocenters. The minimum absolute atomic E-state index is 0.0698. The molecule has 0 atom stereocenters. The van der Waals surface area contributed by atoms with E-state index in [1.54, 1.807) is 12.1 Å². The van der Waals surface area contributed by atoms with Crippen molar-refractivity contribution in [3.05, 3.63) is 58.3 Å². The van der Waals surface area contributed by atoms with Crippen molar-refractivity contribution < 1.29 is 14.4 Å². The zero-order valence-corrected chi connectivity index (χ0v) is 11.6. The van der Waals surface area contributed by atoms with E-state index in [-0.39, 0.29) is 11.6 Å². The van der Waals surface area contributed by atoms with Crippen molar-refractivity contribution in [1.82, 2.24) is 4.98 Å². The molecule has 0 fully saturated rings. The fraction of sp³-hybridized carbons (Fsp3) is 0.133. The van der Waals surface area contributed by atoms with E-state index in [4.69, 9.17) is 9.47 Å². The summed E-state index contributed by atoms with van der Waals surface area (Å²) in [6.45, 7) is 1.91. The zero-order chi connectivity index (χ0) is 15.2. The Morgan fingerprint density at radius 3 is 2.76 bits per heavy atom. The SMILES string of the molecule is C/C=C/c1ccc(Oc2ncccc2[N+](=O)[O-])c(OC)c1. The summed E-state index contributed by atoms with van der Waals surface area (Å²) in [5.41, 5.74) is 0.745. The molecule has 1 heterocycles. The van der Waals surface area contributed by atoms with E-state index in [1.165, 1.54) is 25.4 Å². The molecule has 1 aromatic heterocycles. The number of ether oxygens (including phenoxy) is 2. The smallest absolute Gasteiger partial charge is 0.331 e. The topological polar surface area (TPSA) is 74.5 Å². The van der Waals surface area contributed by atoms with Crippen LogP contribution < -0.4 is 9.47 Å². The number of nitrogens with zero attached hydrogens (tertiary/aromatic N) is 2. The number of pyridine rings is 1. The van der Waals surface area contributed by atoms with Gasteiger partial charge >= 0.3 is 5.69 Å². The molecule has 6 nitrogen and oxygen atoms in total. The lowest BCUT2D eigenvalue weighted by molar-refractivity contribution is -0.386. The third kappa shape index (κ3) is 3.36. The van der Waals surface area contributed by atoms with Gasteiger partial charge in [0.1, 0.15) is 0 Å². The minimum Gasteiger partial charge on any atom is -0.493 e. The van der Waals surface area contributed by atoms with Gasteiger partial charge in [-0.05, 0) is 30.7 Å². The van der Waals surface area contributed by atoms with Crippen LogP contribution in [0.15, 0.2) is 42.6 Å². The monoisotopic (exact) mass is 286 g/mol. The lowest BCUT2D eigenvalue weighted by Gasteiger charge is -2.10. The second-order valence-corrected chi connectivity index (χ2v) is 4.10. The summed E-state index contributed by atoms with van der Waals surface area (Å²) in [5, 5.41) is 11.0. The van der Waals surface area contributed by atoms with E-state index in [1.807, 2.05) is 25.1 Å². The van der Waals surface area contributed by atoms with E-state index in [9.17, 15) is 10.1 Å². The standard InChI is InChI=1S/C15H14N2O4/c1-3-5-11-7-8-13(14(10-11)20-2)21-15-12(17(18)19)6-4-9-16-15/h3-10H,1-2H3/b5-3+. The van der Waals surface area contributed by atoms with E-state index in [0.717, 1.165) is 5.56 Å². The third-order valence-electron chi connectivity index (χ3n) is 2.70. The number of hydrogen-bond donors (Lipinski definition) is 0. The minimum atomic E-state index is -0.539. The molecule has 2 rings (SSSR count). The molecule has 0 saturated carbocycles. The van der Waals surface area contributed by atoms with Crippen LogP contribution in [0.4, 0.5) is 5.69 Å². The number of aromatic nitrogens is 1. The lowest BCUT2D eigenvalue weighted by Crippen LogP contribution is -1.97. The van der Waals surface area contributed by atoms with Crippen LogP contribution in [0.3, 0.4) is 0 Å². The molecule has 1 aromatic carbocycles. The maximum Gasteiger partial charge on any atom is 0.331 e. The van der Waals surface area contributed by atoms with Gasteiger partial charge < -0.3 is 9.47 Å². The first-order valence-electron chi connectivity index (χ1n) is 6.23. The Kier molecular flexibility index (Phi) is 4.50. The van der Waals surface area contributed by atoms with Crippen molar-refractivity contribution in [2.75, 3.05) is 7.11 Å². The number of allylic oxidation sites excluding steroid dienone is 1. The van der Waals surface area contributed by atoms with Gasteiger partial charge in [0, 0.05) is 12.3 Å². The third-order valence-corrected chi connectivity index (χ3v) is 2.70. The van der Waals surface area contributed by atoms with Crippen molar-refractivity contribution in [2.45, 2.75) is 6.92 Å². The number of hydrogen-bond acceptors (Lipinski definition) is 5. The van der Waals surface area contributed by atoms with Crippen molar-refractivity contribution in [3.63, 3.8) is 0 Å². The molecule has 2 aromatic rings. The van der Waals surface area contributed by atoms with Crippen molar-refractivity contribution >= 4 is 11.8 Å². The van der Waals surface area contributed by atoms with Crippen LogP contribution >= 0.6 is 0 Å². The average Bonchev–Trinajstić information content (AvgIpc) is 2.49. The average molecular weight is 286 g/mol. The Labute approximate surface area is 121 Å². The van der Waals surface area contributed by atoms with Crippen LogP contribution in [0.1, 0.15) is 12.5 Å². The molecule has 21 heavy (non-hydrogen) atoms. The van der Waals surface area contributed by atoms with E-state index in [0.29, 0.717) is 11.5 Å². The predicted molar refractivity (Wildman–Crippen MR) is 78.7 cm³/mol. The van der Waals surface area contributed by atoms with Crippen LogP contribution in [0, 0.1) is 10.1 Å².